The molecule has 0 bridgehead atoms. The number of fused-ring (bicyclic) bond motifs is 1. The largest absolute Gasteiger partial charge is 0.511 e. The van der Waals surface area contributed by atoms with Gasteiger partial charge in [-0.3, -0.25) is 4.79 Å². The van der Waals surface area contributed by atoms with Crippen molar-refractivity contribution in [2.24, 2.45) is 11.7 Å². The van der Waals surface area contributed by atoms with Crippen molar-refractivity contribution >= 4 is 44.0 Å². The Morgan fingerprint density at radius 1 is 1.13 bits per heavy atom. The van der Waals surface area contributed by atoms with E-state index in [9.17, 15) is 26.4 Å². The van der Waals surface area contributed by atoms with Crippen molar-refractivity contribution in [3.63, 3.8) is 0 Å². The SMILES string of the molecule is NC(=S)c1cccc(-c2cn(C3CCN(S(=O)(=O)C(F)(F)F)CC3)c3cc(CNC(=O)C4CNC4)ccc23)c1. The van der Waals surface area contributed by atoms with Gasteiger partial charge in [0.15, 0.2) is 0 Å². The van der Waals surface area contributed by atoms with Gasteiger partial charge in [0, 0.05) is 67.0 Å². The molecule has 8 nitrogen and oxygen atoms in total. The van der Waals surface area contributed by atoms with Gasteiger partial charge in [0.2, 0.25) is 5.91 Å². The maximum absolute atomic E-state index is 13.1. The van der Waals surface area contributed by atoms with E-state index in [1.807, 2.05) is 53.2 Å². The van der Waals surface area contributed by atoms with Gasteiger partial charge >= 0.3 is 15.5 Å². The quantitative estimate of drug-likeness (QED) is 0.371. The molecule has 2 fully saturated rings. The summed E-state index contributed by atoms with van der Waals surface area (Å²) >= 11 is 5.14. The van der Waals surface area contributed by atoms with E-state index < -0.39 is 15.5 Å². The van der Waals surface area contributed by atoms with Gasteiger partial charge in [-0.15, -0.1) is 0 Å². The van der Waals surface area contributed by atoms with Gasteiger partial charge in [0.25, 0.3) is 0 Å². The molecule has 3 heterocycles. The van der Waals surface area contributed by atoms with Crippen LogP contribution in [0.1, 0.15) is 30.0 Å². The summed E-state index contributed by atoms with van der Waals surface area (Å²) in [5, 5.41) is 6.95. The fourth-order valence-electron chi connectivity index (χ4n) is 5.09. The summed E-state index contributed by atoms with van der Waals surface area (Å²) in [6.07, 6.45) is 2.40. The van der Waals surface area contributed by atoms with Crippen LogP contribution in [0.25, 0.3) is 22.0 Å². The molecule has 0 unspecified atom stereocenters. The Kier molecular flexibility index (Phi) is 7.44. The van der Waals surface area contributed by atoms with E-state index in [0.717, 1.165) is 27.6 Å². The summed E-state index contributed by atoms with van der Waals surface area (Å²) in [6, 6.07) is 13.1. The van der Waals surface area contributed by atoms with Gasteiger partial charge in [-0.25, -0.2) is 8.42 Å². The predicted octanol–water partition coefficient (Wildman–Crippen LogP) is 3.26. The molecule has 2 aliphatic rings. The minimum absolute atomic E-state index is 0.0160. The lowest BCUT2D eigenvalue weighted by Crippen LogP contribution is -2.50. The van der Waals surface area contributed by atoms with E-state index >= 15 is 0 Å². The number of benzene rings is 2. The molecule has 1 aromatic heterocycles. The molecule has 3 aromatic rings. The van der Waals surface area contributed by atoms with Crippen molar-refractivity contribution in [1.82, 2.24) is 19.5 Å². The Hall–Kier alpha value is -3.00. The zero-order valence-corrected chi connectivity index (χ0v) is 22.5. The normalized spacial score (nSPS) is 17.7. The zero-order chi connectivity index (χ0) is 27.9. The van der Waals surface area contributed by atoms with E-state index in [2.05, 4.69) is 10.6 Å². The Morgan fingerprint density at radius 3 is 2.46 bits per heavy atom. The second-order valence-corrected chi connectivity index (χ2v) is 12.3. The summed E-state index contributed by atoms with van der Waals surface area (Å²) in [7, 11) is -5.37. The molecule has 4 N–H and O–H groups in total. The van der Waals surface area contributed by atoms with E-state index in [0.29, 0.717) is 29.5 Å². The van der Waals surface area contributed by atoms with Crippen LogP contribution >= 0.6 is 12.2 Å². The molecule has 0 spiro atoms. The maximum Gasteiger partial charge on any atom is 0.511 e. The number of hydrogen-bond acceptors (Lipinski definition) is 5. The summed E-state index contributed by atoms with van der Waals surface area (Å²) in [5.74, 6) is -0.0546. The van der Waals surface area contributed by atoms with E-state index in [-0.39, 0.29) is 48.8 Å². The van der Waals surface area contributed by atoms with Crippen molar-refractivity contribution < 1.29 is 26.4 Å². The first-order valence-corrected chi connectivity index (χ1v) is 14.4. The number of halogens is 3. The Bertz CT molecular complexity index is 1530. The average Bonchev–Trinajstić information content (AvgIpc) is 3.25. The third-order valence-corrected chi connectivity index (χ3v) is 9.29. The van der Waals surface area contributed by atoms with Crippen LogP contribution in [-0.2, 0) is 21.4 Å². The van der Waals surface area contributed by atoms with Crippen LogP contribution in [0.2, 0.25) is 0 Å². The zero-order valence-electron chi connectivity index (χ0n) is 20.9. The monoisotopic (exact) mass is 579 g/mol. The van der Waals surface area contributed by atoms with E-state index in [4.69, 9.17) is 18.0 Å². The Morgan fingerprint density at radius 2 is 1.85 bits per heavy atom. The molecular weight excluding hydrogens is 551 g/mol. The number of sulfonamides is 1. The Labute approximate surface area is 229 Å². The number of carbonyl (C=O) groups is 1. The molecule has 13 heteroatoms. The van der Waals surface area contributed by atoms with Crippen molar-refractivity contribution in [2.75, 3.05) is 26.2 Å². The number of nitrogens with zero attached hydrogens (tertiary/aromatic N) is 2. The second kappa shape index (κ2) is 10.5. The highest BCUT2D eigenvalue weighted by molar-refractivity contribution is 7.90. The first kappa shape index (κ1) is 27.6. The summed E-state index contributed by atoms with van der Waals surface area (Å²) in [6.45, 7) is 1.19. The summed E-state index contributed by atoms with van der Waals surface area (Å²) in [5.41, 5.74) is 4.72. The summed E-state index contributed by atoms with van der Waals surface area (Å²) < 4.78 is 65.6. The van der Waals surface area contributed by atoms with Crippen molar-refractivity contribution in [3.05, 3.63) is 59.8 Å². The van der Waals surface area contributed by atoms with Crippen molar-refractivity contribution in [2.45, 2.75) is 30.9 Å². The first-order valence-electron chi connectivity index (χ1n) is 12.5. The van der Waals surface area contributed by atoms with Crippen LogP contribution in [0.3, 0.4) is 0 Å². The molecule has 0 saturated carbocycles. The van der Waals surface area contributed by atoms with Crippen molar-refractivity contribution in [1.29, 1.82) is 0 Å². The molecule has 0 aliphatic carbocycles. The van der Waals surface area contributed by atoms with Crippen LogP contribution in [0, 0.1) is 5.92 Å². The summed E-state index contributed by atoms with van der Waals surface area (Å²) in [4.78, 5) is 12.6. The lowest BCUT2D eigenvalue weighted by Gasteiger charge is -2.32. The standard InChI is InChI=1S/C26H28F3N5O3S2/c27-26(28,29)39(36,37)33-8-6-20(7-9-33)34-15-22(17-2-1-3-18(11-17)24(30)38)21-5-4-16(10-23(21)34)12-32-25(35)19-13-31-14-19/h1-5,10-11,15,19-20,31H,6-9,12-14H2,(H2,30,38)(H,32,35). The van der Waals surface area contributed by atoms with Gasteiger partial charge in [0.05, 0.1) is 5.92 Å². The highest BCUT2D eigenvalue weighted by Gasteiger charge is 2.50. The fraction of sp³-hybridized carbons (Fsp3) is 0.385. The van der Waals surface area contributed by atoms with Gasteiger partial charge in [-0.1, -0.05) is 42.5 Å². The lowest BCUT2D eigenvalue weighted by molar-refractivity contribution is -0.126. The number of amides is 1. The molecule has 1 amide bonds. The number of hydrogen-bond donors (Lipinski definition) is 3. The highest BCUT2D eigenvalue weighted by Crippen LogP contribution is 2.38. The topological polar surface area (TPSA) is 109 Å². The number of piperidine rings is 1. The minimum Gasteiger partial charge on any atom is -0.389 e. The van der Waals surface area contributed by atoms with Gasteiger partial charge in [-0.2, -0.15) is 17.5 Å². The third-order valence-electron chi connectivity index (χ3n) is 7.43. The van der Waals surface area contributed by atoms with Crippen LogP contribution in [0.4, 0.5) is 13.2 Å². The first-order chi connectivity index (χ1) is 18.5. The molecule has 2 saturated heterocycles. The third kappa shape index (κ3) is 5.40. The molecule has 2 aromatic carbocycles. The molecule has 2 aliphatic heterocycles. The molecule has 208 valence electrons. The number of rotatable bonds is 7. The Balaban J connectivity index is 1.48. The van der Waals surface area contributed by atoms with Crippen LogP contribution in [0.15, 0.2) is 48.7 Å². The van der Waals surface area contributed by atoms with Gasteiger partial charge in [0.1, 0.15) is 4.99 Å². The smallest absolute Gasteiger partial charge is 0.389 e. The number of nitrogens with one attached hydrogen (secondary N) is 2. The molecule has 0 radical (unpaired) electrons. The van der Waals surface area contributed by atoms with E-state index in [1.165, 1.54) is 0 Å². The van der Waals surface area contributed by atoms with Crippen LogP contribution in [-0.4, -0.2) is 59.9 Å². The minimum atomic E-state index is -5.37. The van der Waals surface area contributed by atoms with Crippen molar-refractivity contribution in [3.8, 4) is 11.1 Å². The molecule has 39 heavy (non-hydrogen) atoms. The number of nitrogens with two attached hydrogens (primary N) is 1. The van der Waals surface area contributed by atoms with Gasteiger partial charge in [-0.05, 0) is 36.1 Å². The fourth-order valence-corrected chi connectivity index (χ4v) is 6.20. The average molecular weight is 580 g/mol. The predicted molar refractivity (Wildman–Crippen MR) is 146 cm³/mol. The molecule has 5 rings (SSSR count). The van der Waals surface area contributed by atoms with Crippen LogP contribution in [0.5, 0.6) is 0 Å². The maximum atomic E-state index is 13.1. The number of carbonyl (C=O) groups excluding carboxylic acids is 1. The number of aromatic nitrogens is 1. The molecule has 0 atom stereocenters. The molecular formula is C26H28F3N5O3S2. The lowest BCUT2D eigenvalue weighted by atomic mass is 10.0. The van der Waals surface area contributed by atoms with Crippen LogP contribution < -0.4 is 16.4 Å². The highest BCUT2D eigenvalue weighted by atomic mass is 32.2. The number of alkyl halides is 3. The van der Waals surface area contributed by atoms with Gasteiger partial charge < -0.3 is 20.9 Å². The number of thiocarbonyl (C=S) groups is 1. The second-order valence-electron chi connectivity index (χ2n) is 9.90. The van der Waals surface area contributed by atoms with E-state index in [1.54, 1.807) is 0 Å².